The van der Waals surface area contributed by atoms with Crippen molar-refractivity contribution < 1.29 is 4.57 Å². The Morgan fingerprint density at radius 2 is 0.975 bits per heavy atom. The number of hydrogen-bond acceptors (Lipinski definition) is 5. The van der Waals surface area contributed by atoms with E-state index in [1.54, 1.807) is 0 Å². The van der Waals surface area contributed by atoms with E-state index in [0.29, 0.717) is 0 Å². The van der Waals surface area contributed by atoms with Gasteiger partial charge >= 0.3 is 0 Å². The first kappa shape index (κ1) is 25.6. The fourth-order valence-corrected chi connectivity index (χ4v) is 7.45. The number of aromatic nitrogens is 1. The molecule has 2 aromatic carbocycles. The molecule has 0 bridgehead atoms. The first-order valence-electron chi connectivity index (χ1n) is 15.8. The van der Waals surface area contributed by atoms with E-state index in [2.05, 4.69) is 104 Å². The highest BCUT2D eigenvalue weighted by atomic mass is 15.3. The lowest BCUT2D eigenvalue weighted by Crippen LogP contribution is -2.51. The van der Waals surface area contributed by atoms with E-state index >= 15 is 0 Å². The van der Waals surface area contributed by atoms with Crippen molar-refractivity contribution in [2.24, 2.45) is 0 Å². The Balaban J connectivity index is 1.34. The number of anilines is 5. The van der Waals surface area contributed by atoms with E-state index < -0.39 is 0 Å². The Labute approximate surface area is 240 Å². The quantitative estimate of drug-likeness (QED) is 0.380. The Kier molecular flexibility index (Phi) is 6.94. The zero-order chi connectivity index (χ0) is 27.1. The summed E-state index contributed by atoms with van der Waals surface area (Å²) in [5.41, 5.74) is 9.63. The molecule has 2 saturated heterocycles. The maximum atomic E-state index is 2.62. The molecule has 40 heavy (non-hydrogen) atoms. The van der Waals surface area contributed by atoms with E-state index in [1.807, 2.05) is 0 Å². The van der Waals surface area contributed by atoms with Crippen molar-refractivity contribution in [3.8, 4) is 0 Å². The van der Waals surface area contributed by atoms with Gasteiger partial charge in [-0.05, 0) is 88.1 Å². The van der Waals surface area contributed by atoms with Crippen molar-refractivity contribution in [2.75, 3.05) is 89.9 Å². The molecule has 0 radical (unpaired) electrons. The summed E-state index contributed by atoms with van der Waals surface area (Å²) in [6.07, 6.45) is 10.1. The molecule has 4 aliphatic rings. The summed E-state index contributed by atoms with van der Waals surface area (Å²) >= 11 is 0. The van der Waals surface area contributed by atoms with Gasteiger partial charge in [0.1, 0.15) is 11.4 Å². The fourth-order valence-electron chi connectivity index (χ4n) is 7.45. The summed E-state index contributed by atoms with van der Waals surface area (Å²) in [6, 6.07) is 19.1. The van der Waals surface area contributed by atoms with Crippen molar-refractivity contribution in [3.63, 3.8) is 0 Å². The van der Waals surface area contributed by atoms with E-state index in [9.17, 15) is 0 Å². The molecule has 210 valence electrons. The summed E-state index contributed by atoms with van der Waals surface area (Å²) in [4.78, 5) is 12.8. The van der Waals surface area contributed by atoms with Gasteiger partial charge in [-0.25, -0.2) is 0 Å². The van der Waals surface area contributed by atoms with Gasteiger partial charge in [-0.3, -0.25) is 0 Å². The highest BCUT2D eigenvalue weighted by molar-refractivity contribution is 5.85. The minimum absolute atomic E-state index is 0.122. The van der Waals surface area contributed by atoms with Crippen LogP contribution in [0.3, 0.4) is 0 Å². The third-order valence-corrected chi connectivity index (χ3v) is 9.73. The molecule has 0 atom stereocenters. The average Bonchev–Trinajstić information content (AvgIpc) is 3.74. The number of pyridine rings is 1. The van der Waals surface area contributed by atoms with Crippen LogP contribution in [0.1, 0.15) is 56.7 Å². The molecule has 3 aromatic rings. The van der Waals surface area contributed by atoms with Crippen LogP contribution in [0.5, 0.6) is 0 Å². The van der Waals surface area contributed by atoms with Crippen LogP contribution < -0.4 is 29.1 Å². The van der Waals surface area contributed by atoms with Gasteiger partial charge in [0.15, 0.2) is 12.4 Å². The first-order valence-corrected chi connectivity index (χ1v) is 15.8. The van der Waals surface area contributed by atoms with E-state index in [0.717, 1.165) is 39.3 Å². The number of likely N-dealkylation sites (N-methyl/N-ethyl adjacent to an activating group) is 2. The van der Waals surface area contributed by atoms with Crippen molar-refractivity contribution in [2.45, 2.75) is 45.6 Å². The Morgan fingerprint density at radius 1 is 0.550 bits per heavy atom. The van der Waals surface area contributed by atoms with Crippen molar-refractivity contribution in [1.29, 1.82) is 0 Å². The van der Waals surface area contributed by atoms with Gasteiger partial charge in [-0.2, -0.15) is 4.57 Å². The molecule has 0 N–H and O–H groups in total. The molecule has 6 heteroatoms. The number of hydrogen-bond donors (Lipinski definition) is 0. The van der Waals surface area contributed by atoms with Crippen LogP contribution in [-0.4, -0.2) is 65.4 Å². The summed E-state index contributed by atoms with van der Waals surface area (Å²) in [5, 5.41) is 0. The van der Waals surface area contributed by atoms with Gasteiger partial charge in [0.25, 0.3) is 0 Å². The second-order valence-corrected chi connectivity index (χ2v) is 11.9. The van der Waals surface area contributed by atoms with Gasteiger partial charge in [0, 0.05) is 87.9 Å². The zero-order valence-electron chi connectivity index (χ0n) is 24.4. The second kappa shape index (κ2) is 10.9. The largest absolute Gasteiger partial charge is 0.372 e. The van der Waals surface area contributed by atoms with Gasteiger partial charge in [0.2, 0.25) is 6.04 Å². The predicted molar refractivity (Wildman–Crippen MR) is 168 cm³/mol. The molecule has 4 aliphatic heterocycles. The Bertz CT molecular complexity index is 1210. The first-order chi connectivity index (χ1) is 19.7. The maximum absolute atomic E-state index is 2.62. The van der Waals surface area contributed by atoms with Gasteiger partial charge in [-0.1, -0.05) is 0 Å². The molecule has 6 nitrogen and oxygen atoms in total. The van der Waals surface area contributed by atoms with Gasteiger partial charge in [-0.15, -0.1) is 0 Å². The van der Waals surface area contributed by atoms with Crippen LogP contribution in [0.25, 0.3) is 0 Å². The molecule has 0 unspecified atom stereocenters. The minimum Gasteiger partial charge on any atom is -0.372 e. The molecular weight excluding hydrogens is 492 g/mol. The van der Waals surface area contributed by atoms with Gasteiger partial charge < -0.3 is 24.5 Å². The normalized spacial score (nSPS) is 18.7. The van der Waals surface area contributed by atoms with Crippen LogP contribution in [0.15, 0.2) is 60.9 Å². The predicted octanol–water partition coefficient (Wildman–Crippen LogP) is 5.30. The number of benzene rings is 2. The standard InChI is InChI=1S/C34H45N6/c1-3-35-21-23-39-24-22-36(4-2)32-26-40(25-31(35)34(32)39)33(27-9-13-29(14-10-27)37-17-5-6-18-37)28-11-15-30(16-12-28)38-19-7-8-20-38/h9-16,25-26,33H,3-8,17-24H2,1-2H3/q+1. The van der Waals surface area contributed by atoms with Crippen LogP contribution in [-0.2, 0) is 0 Å². The van der Waals surface area contributed by atoms with Crippen molar-refractivity contribution in [3.05, 3.63) is 72.1 Å². The lowest BCUT2D eigenvalue weighted by atomic mass is 9.96. The Hall–Kier alpha value is -3.41. The molecule has 7 rings (SSSR count). The Morgan fingerprint density at radius 3 is 1.38 bits per heavy atom. The second-order valence-electron chi connectivity index (χ2n) is 11.9. The molecule has 0 aliphatic carbocycles. The number of nitrogens with zero attached hydrogens (tertiary/aromatic N) is 6. The minimum atomic E-state index is 0.122. The molecular formula is C34H45N6+. The lowest BCUT2D eigenvalue weighted by Gasteiger charge is -2.44. The average molecular weight is 538 g/mol. The lowest BCUT2D eigenvalue weighted by molar-refractivity contribution is -0.703. The van der Waals surface area contributed by atoms with Crippen LogP contribution >= 0.6 is 0 Å². The van der Waals surface area contributed by atoms with Crippen molar-refractivity contribution >= 4 is 28.4 Å². The molecule has 0 spiro atoms. The van der Waals surface area contributed by atoms with Gasteiger partial charge in [0.05, 0.1) is 5.69 Å². The summed E-state index contributed by atoms with van der Waals surface area (Å²) < 4.78 is 2.52. The van der Waals surface area contributed by atoms with Crippen LogP contribution in [0.4, 0.5) is 28.4 Å². The van der Waals surface area contributed by atoms with E-state index in [4.69, 9.17) is 0 Å². The third-order valence-electron chi connectivity index (χ3n) is 9.73. The molecule has 5 heterocycles. The highest BCUT2D eigenvalue weighted by Crippen LogP contribution is 2.43. The van der Waals surface area contributed by atoms with Crippen LogP contribution in [0, 0.1) is 0 Å². The summed E-state index contributed by atoms with van der Waals surface area (Å²) in [5.74, 6) is 0. The van der Waals surface area contributed by atoms with Crippen LogP contribution in [0.2, 0.25) is 0 Å². The summed E-state index contributed by atoms with van der Waals surface area (Å²) in [6.45, 7) is 15.8. The van der Waals surface area contributed by atoms with Crippen molar-refractivity contribution in [1.82, 2.24) is 0 Å². The molecule has 1 aromatic heterocycles. The molecule has 2 fully saturated rings. The molecule has 0 amide bonds. The number of rotatable bonds is 7. The smallest absolute Gasteiger partial charge is 0.209 e. The van der Waals surface area contributed by atoms with E-state index in [1.165, 1.54) is 91.4 Å². The SMILES string of the molecule is CCN1CCN2CCN(CC)c3c[n+](C(c4ccc(N5CCCC5)cc4)c4ccc(N5CCCC5)cc4)cc1c32. The topological polar surface area (TPSA) is 20.1 Å². The maximum Gasteiger partial charge on any atom is 0.209 e. The summed E-state index contributed by atoms with van der Waals surface area (Å²) in [7, 11) is 0. The fraction of sp³-hybridized carbons (Fsp3) is 0.500. The monoisotopic (exact) mass is 537 g/mol. The highest BCUT2D eigenvalue weighted by Gasteiger charge is 2.36. The zero-order valence-corrected chi connectivity index (χ0v) is 24.4. The molecule has 0 saturated carbocycles. The van der Waals surface area contributed by atoms with E-state index in [-0.39, 0.29) is 6.04 Å². The third kappa shape index (κ3) is 4.55.